The van der Waals surface area contributed by atoms with Crippen LogP contribution in [0.5, 0.6) is 0 Å². The highest BCUT2D eigenvalue weighted by Crippen LogP contribution is 2.13. The minimum Gasteiger partial charge on any atom is -0.354 e. The van der Waals surface area contributed by atoms with Crippen LogP contribution in [0.4, 0.5) is 5.69 Å². The molecule has 190 valence electrons. The molecule has 3 aromatic carbocycles. The third-order valence-electron chi connectivity index (χ3n) is 6.01. The van der Waals surface area contributed by atoms with Crippen LogP contribution in [-0.2, 0) is 29.0 Å². The van der Waals surface area contributed by atoms with Crippen molar-refractivity contribution in [3.8, 4) is 5.69 Å². The van der Waals surface area contributed by atoms with E-state index in [0.29, 0.717) is 22.3 Å². The molecule has 0 unspecified atom stereocenters. The molecular weight excluding hydrogens is 468 g/mol. The number of aryl methyl sites for hydroxylation is 1. The van der Waals surface area contributed by atoms with E-state index < -0.39 is 11.2 Å². The molecule has 1 heterocycles. The molecule has 8 nitrogen and oxygen atoms in total. The van der Waals surface area contributed by atoms with E-state index >= 15 is 0 Å². The molecule has 1 aromatic heterocycles. The molecule has 2 amide bonds. The third kappa shape index (κ3) is 5.86. The molecule has 37 heavy (non-hydrogen) atoms. The summed E-state index contributed by atoms with van der Waals surface area (Å²) in [4.78, 5) is 51.8. The zero-order valence-electron chi connectivity index (χ0n) is 21.2. The van der Waals surface area contributed by atoms with E-state index in [2.05, 4.69) is 17.6 Å². The Kier molecular flexibility index (Phi) is 7.67. The van der Waals surface area contributed by atoms with E-state index in [9.17, 15) is 19.2 Å². The van der Waals surface area contributed by atoms with Crippen molar-refractivity contribution in [1.82, 2.24) is 14.5 Å². The van der Waals surface area contributed by atoms with Gasteiger partial charge in [-0.1, -0.05) is 43.3 Å². The third-order valence-corrected chi connectivity index (χ3v) is 6.01. The first-order valence-corrected chi connectivity index (χ1v) is 12.3. The minimum absolute atomic E-state index is 0.0364. The highest BCUT2D eigenvalue weighted by Gasteiger charge is 2.17. The van der Waals surface area contributed by atoms with Crippen molar-refractivity contribution in [2.75, 3.05) is 5.32 Å². The largest absolute Gasteiger partial charge is 0.354 e. The van der Waals surface area contributed by atoms with Gasteiger partial charge in [-0.05, 0) is 67.8 Å². The van der Waals surface area contributed by atoms with Gasteiger partial charge in [-0.15, -0.1) is 0 Å². The van der Waals surface area contributed by atoms with Gasteiger partial charge < -0.3 is 10.6 Å². The molecule has 0 atom stereocenters. The van der Waals surface area contributed by atoms with Crippen LogP contribution in [0.1, 0.15) is 31.9 Å². The van der Waals surface area contributed by atoms with Crippen molar-refractivity contribution in [1.29, 1.82) is 0 Å². The standard InChI is InChI=1S/C29H30N4O4/c1-4-20-9-13-22(14-10-20)31-27(35)18-32-25-8-6-5-7-24(25)28(36)33(29(32)37)23-15-11-21(12-16-23)17-26(34)30-19(2)3/h5-16,19H,4,17-18H2,1-3H3,(H,30,34)(H,31,35). The number of benzene rings is 3. The predicted molar refractivity (Wildman–Crippen MR) is 145 cm³/mol. The Morgan fingerprint density at radius 2 is 1.49 bits per heavy atom. The lowest BCUT2D eigenvalue weighted by Gasteiger charge is -2.15. The average Bonchev–Trinajstić information content (AvgIpc) is 2.87. The Morgan fingerprint density at radius 3 is 2.14 bits per heavy atom. The number of fused-ring (bicyclic) bond motifs is 1. The lowest BCUT2D eigenvalue weighted by molar-refractivity contribution is -0.121. The summed E-state index contributed by atoms with van der Waals surface area (Å²) >= 11 is 0. The van der Waals surface area contributed by atoms with E-state index in [-0.39, 0.29) is 30.8 Å². The normalized spacial score (nSPS) is 11.0. The van der Waals surface area contributed by atoms with Crippen LogP contribution in [0.25, 0.3) is 16.6 Å². The number of carbonyl (C=O) groups excluding carboxylic acids is 2. The predicted octanol–water partition coefficient (Wildman–Crippen LogP) is 3.42. The zero-order chi connectivity index (χ0) is 26.5. The van der Waals surface area contributed by atoms with E-state index in [0.717, 1.165) is 22.1 Å². The number of nitrogens with zero attached hydrogens (tertiary/aromatic N) is 2. The van der Waals surface area contributed by atoms with Crippen molar-refractivity contribution in [2.24, 2.45) is 0 Å². The molecule has 4 aromatic rings. The average molecular weight is 499 g/mol. The van der Waals surface area contributed by atoms with Gasteiger partial charge in [-0.25, -0.2) is 9.36 Å². The van der Waals surface area contributed by atoms with E-state index in [1.165, 1.54) is 4.57 Å². The molecule has 0 radical (unpaired) electrons. The van der Waals surface area contributed by atoms with Crippen molar-refractivity contribution >= 4 is 28.4 Å². The van der Waals surface area contributed by atoms with Crippen molar-refractivity contribution in [3.63, 3.8) is 0 Å². The zero-order valence-corrected chi connectivity index (χ0v) is 21.2. The molecule has 0 fully saturated rings. The smallest absolute Gasteiger partial charge is 0.336 e. The van der Waals surface area contributed by atoms with Crippen LogP contribution in [0.15, 0.2) is 82.4 Å². The lowest BCUT2D eigenvalue weighted by Crippen LogP contribution is -2.40. The highest BCUT2D eigenvalue weighted by atomic mass is 16.2. The molecule has 2 N–H and O–H groups in total. The fourth-order valence-corrected chi connectivity index (χ4v) is 4.19. The monoisotopic (exact) mass is 498 g/mol. The maximum Gasteiger partial charge on any atom is 0.336 e. The molecule has 0 aliphatic carbocycles. The van der Waals surface area contributed by atoms with Gasteiger partial charge in [-0.3, -0.25) is 19.0 Å². The summed E-state index contributed by atoms with van der Waals surface area (Å²) in [6.07, 6.45) is 1.08. The maximum absolute atomic E-state index is 13.5. The van der Waals surface area contributed by atoms with Gasteiger partial charge in [0.05, 0.1) is 23.0 Å². The first-order chi connectivity index (χ1) is 17.8. The Hall–Kier alpha value is -4.46. The number of carbonyl (C=O) groups is 2. The van der Waals surface area contributed by atoms with Crippen LogP contribution < -0.4 is 21.9 Å². The van der Waals surface area contributed by atoms with Crippen LogP contribution in [0.3, 0.4) is 0 Å². The number of hydrogen-bond donors (Lipinski definition) is 2. The van der Waals surface area contributed by atoms with E-state index in [1.807, 2.05) is 38.1 Å². The molecule has 0 spiro atoms. The van der Waals surface area contributed by atoms with Gasteiger partial charge in [0.2, 0.25) is 11.8 Å². The van der Waals surface area contributed by atoms with Crippen LogP contribution in [-0.4, -0.2) is 27.0 Å². The number of amides is 2. The van der Waals surface area contributed by atoms with Crippen LogP contribution in [0.2, 0.25) is 0 Å². The highest BCUT2D eigenvalue weighted by molar-refractivity contribution is 5.91. The number of nitrogens with one attached hydrogen (secondary N) is 2. The molecule has 0 aliphatic heterocycles. The lowest BCUT2D eigenvalue weighted by atomic mass is 10.1. The van der Waals surface area contributed by atoms with Crippen molar-refractivity contribution in [2.45, 2.75) is 46.2 Å². The Morgan fingerprint density at radius 1 is 0.838 bits per heavy atom. The fraction of sp³-hybridized carbons (Fsp3) is 0.241. The molecular formula is C29H30N4O4. The van der Waals surface area contributed by atoms with Crippen molar-refractivity contribution < 1.29 is 9.59 Å². The van der Waals surface area contributed by atoms with Crippen LogP contribution in [0, 0.1) is 0 Å². The molecule has 4 rings (SSSR count). The minimum atomic E-state index is -0.620. The first-order valence-electron chi connectivity index (χ1n) is 12.3. The Balaban J connectivity index is 1.68. The van der Waals surface area contributed by atoms with Crippen molar-refractivity contribution in [3.05, 3.63) is 105 Å². The number of anilines is 1. The summed E-state index contributed by atoms with van der Waals surface area (Å²) in [5.41, 5.74) is 2.18. The van der Waals surface area contributed by atoms with E-state index in [4.69, 9.17) is 0 Å². The Labute approximate surface area is 214 Å². The second-order valence-electron chi connectivity index (χ2n) is 9.19. The van der Waals surface area contributed by atoms with Gasteiger partial charge >= 0.3 is 5.69 Å². The summed E-state index contributed by atoms with van der Waals surface area (Å²) in [6, 6.07) is 21.0. The number of hydrogen-bond acceptors (Lipinski definition) is 4. The summed E-state index contributed by atoms with van der Waals surface area (Å²) in [5, 5.41) is 5.98. The second-order valence-corrected chi connectivity index (χ2v) is 9.19. The second kappa shape index (κ2) is 11.1. The summed E-state index contributed by atoms with van der Waals surface area (Å²) in [5.74, 6) is -0.489. The Bertz CT molecular complexity index is 1550. The van der Waals surface area contributed by atoms with Crippen LogP contribution >= 0.6 is 0 Å². The summed E-state index contributed by atoms with van der Waals surface area (Å²) in [7, 11) is 0. The van der Waals surface area contributed by atoms with E-state index in [1.54, 1.807) is 48.5 Å². The summed E-state index contributed by atoms with van der Waals surface area (Å²) in [6.45, 7) is 5.57. The van der Waals surface area contributed by atoms with Gasteiger partial charge in [0.25, 0.3) is 5.56 Å². The van der Waals surface area contributed by atoms with Gasteiger partial charge in [0, 0.05) is 11.7 Å². The number of para-hydroxylation sites is 1. The molecule has 0 saturated heterocycles. The molecule has 0 aliphatic rings. The first kappa shape index (κ1) is 25.6. The topological polar surface area (TPSA) is 102 Å². The molecule has 8 heteroatoms. The SMILES string of the molecule is CCc1ccc(NC(=O)Cn2c(=O)n(-c3ccc(CC(=O)NC(C)C)cc3)c(=O)c3ccccc32)cc1. The number of rotatable bonds is 8. The summed E-state index contributed by atoms with van der Waals surface area (Å²) < 4.78 is 2.36. The quantitative estimate of drug-likeness (QED) is 0.389. The van der Waals surface area contributed by atoms with Gasteiger partial charge in [-0.2, -0.15) is 0 Å². The van der Waals surface area contributed by atoms with Gasteiger partial charge in [0.1, 0.15) is 6.54 Å². The number of aromatic nitrogens is 2. The molecule has 0 saturated carbocycles. The van der Waals surface area contributed by atoms with Gasteiger partial charge in [0.15, 0.2) is 0 Å². The molecule has 0 bridgehead atoms. The maximum atomic E-state index is 13.5. The fourth-order valence-electron chi connectivity index (χ4n) is 4.19.